The van der Waals surface area contributed by atoms with Gasteiger partial charge in [-0.2, -0.15) is 13.2 Å². The van der Waals surface area contributed by atoms with E-state index in [4.69, 9.17) is 10.8 Å². The fourth-order valence-electron chi connectivity index (χ4n) is 2.09. The standard InChI is InChI=1S/C11H13F3N4O3/c1-10(15,11(12,13)14)9(21)18-3-6-5(16-4-17-6)2-7(18)8(19)20/h4,7H,2-3,15H2,1H3,(H,16,17)(H,19,20). The Bertz CT molecular complexity index is 582. The first-order chi connectivity index (χ1) is 9.55. The number of halogens is 3. The van der Waals surface area contributed by atoms with Crippen LogP contribution in [-0.4, -0.2) is 49.6 Å². The Hall–Kier alpha value is -2.10. The van der Waals surface area contributed by atoms with Crippen LogP contribution < -0.4 is 5.73 Å². The van der Waals surface area contributed by atoms with Crippen LogP contribution >= 0.6 is 0 Å². The molecule has 2 unspecified atom stereocenters. The van der Waals surface area contributed by atoms with Gasteiger partial charge in [-0.15, -0.1) is 0 Å². The van der Waals surface area contributed by atoms with Gasteiger partial charge in [-0.05, 0) is 6.92 Å². The van der Waals surface area contributed by atoms with Gasteiger partial charge in [-0.3, -0.25) is 4.79 Å². The van der Waals surface area contributed by atoms with Crippen LogP contribution in [0.25, 0.3) is 0 Å². The number of fused-ring (bicyclic) bond motifs is 1. The highest BCUT2D eigenvalue weighted by Gasteiger charge is 2.57. The second-order valence-electron chi connectivity index (χ2n) is 5.02. The molecule has 2 atom stereocenters. The molecule has 0 fully saturated rings. The van der Waals surface area contributed by atoms with Crippen LogP contribution in [0.1, 0.15) is 18.3 Å². The molecule has 0 radical (unpaired) electrons. The van der Waals surface area contributed by atoms with E-state index in [2.05, 4.69) is 9.97 Å². The minimum absolute atomic E-state index is 0.173. The summed E-state index contributed by atoms with van der Waals surface area (Å²) in [5.41, 5.74) is 2.75. The van der Waals surface area contributed by atoms with Crippen LogP contribution in [0.2, 0.25) is 0 Å². The number of amides is 1. The molecular weight excluding hydrogens is 293 g/mol. The SMILES string of the molecule is CC(N)(C(=O)N1Cc2[nH]cnc2CC1C(=O)O)C(F)(F)F. The molecule has 0 saturated carbocycles. The fourth-order valence-corrected chi connectivity index (χ4v) is 2.09. The molecule has 1 amide bonds. The number of hydrogen-bond acceptors (Lipinski definition) is 4. The van der Waals surface area contributed by atoms with Gasteiger partial charge in [0.2, 0.25) is 0 Å². The summed E-state index contributed by atoms with van der Waals surface area (Å²) in [4.78, 5) is 30.5. The Balaban J connectivity index is 2.37. The predicted molar refractivity (Wildman–Crippen MR) is 62.9 cm³/mol. The van der Waals surface area contributed by atoms with Gasteiger partial charge >= 0.3 is 12.1 Å². The van der Waals surface area contributed by atoms with E-state index in [1.54, 1.807) is 0 Å². The first-order valence-electron chi connectivity index (χ1n) is 5.96. The van der Waals surface area contributed by atoms with Gasteiger partial charge in [0, 0.05) is 6.42 Å². The Kier molecular flexibility index (Phi) is 3.44. The van der Waals surface area contributed by atoms with Crippen LogP contribution in [0.3, 0.4) is 0 Å². The highest BCUT2D eigenvalue weighted by molar-refractivity contribution is 5.91. The number of rotatable bonds is 2. The zero-order chi connectivity index (χ0) is 16.0. The molecule has 0 saturated heterocycles. The van der Waals surface area contributed by atoms with E-state index in [1.165, 1.54) is 6.33 Å². The summed E-state index contributed by atoms with van der Waals surface area (Å²) < 4.78 is 38.6. The maximum atomic E-state index is 12.9. The molecule has 7 nitrogen and oxygen atoms in total. The highest BCUT2D eigenvalue weighted by atomic mass is 19.4. The average molecular weight is 306 g/mol. The van der Waals surface area contributed by atoms with Crippen LogP contribution in [0, 0.1) is 0 Å². The van der Waals surface area contributed by atoms with E-state index < -0.39 is 29.6 Å². The highest BCUT2D eigenvalue weighted by Crippen LogP contribution is 2.32. The number of carbonyl (C=O) groups excluding carboxylic acids is 1. The Morgan fingerprint density at radius 2 is 2.14 bits per heavy atom. The van der Waals surface area contributed by atoms with Crippen molar-refractivity contribution in [3.63, 3.8) is 0 Å². The number of aliphatic carboxylic acids is 1. The number of imidazole rings is 1. The molecule has 4 N–H and O–H groups in total. The van der Waals surface area contributed by atoms with Gasteiger partial charge in [0.15, 0.2) is 5.54 Å². The maximum absolute atomic E-state index is 12.9. The number of carboxylic acid groups (broad SMARTS) is 1. The van der Waals surface area contributed by atoms with Crippen molar-refractivity contribution in [2.45, 2.75) is 37.6 Å². The van der Waals surface area contributed by atoms with Gasteiger partial charge in [0.1, 0.15) is 6.04 Å². The normalized spacial score (nSPS) is 21.6. The number of H-pyrrole nitrogens is 1. The molecule has 0 spiro atoms. The van der Waals surface area contributed by atoms with Crippen LogP contribution in [0.5, 0.6) is 0 Å². The first kappa shape index (κ1) is 15.3. The molecule has 10 heteroatoms. The number of nitrogens with two attached hydrogens (primary N) is 1. The number of carboxylic acids is 1. The monoisotopic (exact) mass is 306 g/mol. The van der Waals surface area contributed by atoms with Crippen molar-refractivity contribution < 1.29 is 27.9 Å². The largest absolute Gasteiger partial charge is 0.480 e. The third-order valence-electron chi connectivity index (χ3n) is 3.48. The molecule has 2 rings (SSSR count). The second kappa shape index (κ2) is 4.72. The molecule has 0 aromatic carbocycles. The Labute approximate surface area is 116 Å². The van der Waals surface area contributed by atoms with Gasteiger partial charge < -0.3 is 20.7 Å². The second-order valence-corrected chi connectivity index (χ2v) is 5.02. The predicted octanol–water partition coefficient (Wildman–Crippen LogP) is 0.0273. The van der Waals surface area contributed by atoms with E-state index in [0.717, 1.165) is 0 Å². The molecule has 1 aromatic rings. The number of nitrogens with one attached hydrogen (secondary N) is 1. The van der Waals surface area contributed by atoms with Crippen molar-refractivity contribution in [1.29, 1.82) is 0 Å². The van der Waals surface area contributed by atoms with Gasteiger partial charge in [0.05, 0.1) is 24.3 Å². The van der Waals surface area contributed by atoms with E-state index >= 15 is 0 Å². The molecule has 1 aliphatic heterocycles. The van der Waals surface area contributed by atoms with Crippen LogP contribution in [-0.2, 0) is 22.6 Å². The summed E-state index contributed by atoms with van der Waals surface area (Å²) in [7, 11) is 0. The van der Waals surface area contributed by atoms with Crippen molar-refractivity contribution in [1.82, 2.24) is 14.9 Å². The molecule has 2 heterocycles. The molecule has 0 bridgehead atoms. The topological polar surface area (TPSA) is 112 Å². The minimum Gasteiger partial charge on any atom is -0.480 e. The van der Waals surface area contributed by atoms with E-state index in [1.807, 2.05) is 0 Å². The summed E-state index contributed by atoms with van der Waals surface area (Å²) in [6.45, 7) is 0.213. The van der Waals surface area contributed by atoms with E-state index in [9.17, 15) is 22.8 Å². The van der Waals surface area contributed by atoms with Gasteiger partial charge in [-0.25, -0.2) is 9.78 Å². The zero-order valence-corrected chi connectivity index (χ0v) is 10.9. The summed E-state index contributed by atoms with van der Waals surface area (Å²) in [5.74, 6) is -2.89. The van der Waals surface area contributed by atoms with E-state index in [0.29, 0.717) is 23.2 Å². The molecular formula is C11H13F3N4O3. The third kappa shape index (κ3) is 2.46. The Morgan fingerprint density at radius 1 is 1.52 bits per heavy atom. The number of hydrogen-bond donors (Lipinski definition) is 3. The summed E-state index contributed by atoms with van der Waals surface area (Å²) in [6, 6.07) is -1.43. The third-order valence-corrected chi connectivity index (χ3v) is 3.48. The summed E-state index contributed by atoms with van der Waals surface area (Å²) in [5, 5.41) is 9.14. The quantitative estimate of drug-likeness (QED) is 0.713. The average Bonchev–Trinajstić information content (AvgIpc) is 2.81. The van der Waals surface area contributed by atoms with Gasteiger partial charge in [-0.1, -0.05) is 0 Å². The molecule has 21 heavy (non-hydrogen) atoms. The smallest absolute Gasteiger partial charge is 0.415 e. The lowest BCUT2D eigenvalue weighted by Crippen LogP contribution is -2.65. The van der Waals surface area contributed by atoms with Crippen molar-refractivity contribution in [2.24, 2.45) is 5.73 Å². The summed E-state index contributed by atoms with van der Waals surface area (Å²) >= 11 is 0. The number of aromatic nitrogens is 2. The molecule has 1 aliphatic rings. The minimum atomic E-state index is -4.98. The zero-order valence-electron chi connectivity index (χ0n) is 10.9. The van der Waals surface area contributed by atoms with Crippen LogP contribution in [0.4, 0.5) is 13.2 Å². The number of alkyl halides is 3. The van der Waals surface area contributed by atoms with Crippen molar-refractivity contribution in [3.05, 3.63) is 17.7 Å². The number of aromatic amines is 1. The molecule has 1 aromatic heterocycles. The van der Waals surface area contributed by atoms with Gasteiger partial charge in [0.25, 0.3) is 5.91 Å². The maximum Gasteiger partial charge on any atom is 0.415 e. The number of nitrogens with zero attached hydrogens (tertiary/aromatic N) is 2. The van der Waals surface area contributed by atoms with Crippen LogP contribution in [0.15, 0.2) is 6.33 Å². The molecule has 0 aliphatic carbocycles. The van der Waals surface area contributed by atoms with Crippen molar-refractivity contribution in [2.75, 3.05) is 0 Å². The lowest BCUT2D eigenvalue weighted by molar-refractivity contribution is -0.197. The lowest BCUT2D eigenvalue weighted by atomic mass is 9.96. The van der Waals surface area contributed by atoms with Crippen molar-refractivity contribution in [3.8, 4) is 0 Å². The van der Waals surface area contributed by atoms with E-state index in [-0.39, 0.29) is 13.0 Å². The summed E-state index contributed by atoms with van der Waals surface area (Å²) in [6.07, 6.45) is -3.86. The number of carbonyl (C=O) groups is 2. The fraction of sp³-hybridized carbons (Fsp3) is 0.545. The first-order valence-corrected chi connectivity index (χ1v) is 5.96. The molecule has 116 valence electrons. The Morgan fingerprint density at radius 3 is 2.67 bits per heavy atom. The lowest BCUT2D eigenvalue weighted by Gasteiger charge is -2.38. The van der Waals surface area contributed by atoms with Crippen molar-refractivity contribution >= 4 is 11.9 Å².